The first-order valence-corrected chi connectivity index (χ1v) is 18.2. The van der Waals surface area contributed by atoms with Gasteiger partial charge in [-0.1, -0.05) is 96.6 Å². The van der Waals surface area contributed by atoms with Crippen molar-refractivity contribution >= 4 is 29.0 Å². The number of nitrogens with one attached hydrogen (secondary N) is 1. The molecule has 4 aromatic carbocycles. The van der Waals surface area contributed by atoms with Crippen molar-refractivity contribution in [3.63, 3.8) is 0 Å². The molecule has 0 amide bonds. The Morgan fingerprint density at radius 3 is 1.75 bits per heavy atom. The minimum absolute atomic E-state index is 0. The average molecular weight is 797 g/mol. The number of hydrogen-bond acceptors (Lipinski definition) is 6. The Bertz CT molecular complexity index is 1580. The van der Waals surface area contributed by atoms with Crippen molar-refractivity contribution < 1.29 is 36.4 Å². The third-order valence-corrected chi connectivity index (χ3v) is 8.50. The Labute approximate surface area is 345 Å². The van der Waals surface area contributed by atoms with E-state index < -0.39 is 11.6 Å². The van der Waals surface area contributed by atoms with Crippen molar-refractivity contribution in [3.8, 4) is 0 Å². The number of aryl methyl sites for hydroxylation is 2. The number of fused-ring (bicyclic) bond motifs is 3. The smallest absolute Gasteiger partial charge is 1.00 e. The molecule has 0 bridgehead atoms. The minimum Gasteiger partial charge on any atom is -1.00 e. The minimum atomic E-state index is -0.494. The van der Waals surface area contributed by atoms with Gasteiger partial charge in [0.2, 0.25) is 0 Å². The molecule has 0 saturated heterocycles. The van der Waals surface area contributed by atoms with Crippen LogP contribution in [0.15, 0.2) is 91.0 Å². The van der Waals surface area contributed by atoms with Crippen LogP contribution in [0.25, 0.3) is 5.32 Å². The molecule has 1 N–H and O–H groups in total. The van der Waals surface area contributed by atoms with Crippen molar-refractivity contribution in [1.29, 1.82) is 0 Å². The van der Waals surface area contributed by atoms with E-state index in [-0.39, 0.29) is 45.6 Å². The normalized spacial score (nSPS) is 14.6. The van der Waals surface area contributed by atoms with E-state index in [1.165, 1.54) is 39.8 Å². The molecule has 3 aliphatic heterocycles. The van der Waals surface area contributed by atoms with Gasteiger partial charge in [0.15, 0.2) is 0 Å². The van der Waals surface area contributed by atoms with Gasteiger partial charge in [0.25, 0.3) is 0 Å². The summed E-state index contributed by atoms with van der Waals surface area (Å²) in [5, 5.41) is 9.73. The van der Waals surface area contributed by atoms with Crippen LogP contribution in [-0.4, -0.2) is 64.9 Å². The van der Waals surface area contributed by atoms with E-state index in [2.05, 4.69) is 109 Å². The van der Waals surface area contributed by atoms with Gasteiger partial charge in [-0.2, -0.15) is 9.95 Å². The van der Waals surface area contributed by atoms with E-state index in [4.69, 9.17) is 14.6 Å². The Hall–Kier alpha value is -2.60. The fourth-order valence-corrected chi connectivity index (χ4v) is 6.05. The van der Waals surface area contributed by atoms with Gasteiger partial charge in [-0.05, 0) is 120 Å². The first-order chi connectivity index (χ1) is 24.3. The van der Waals surface area contributed by atoms with Crippen LogP contribution in [0.4, 0.5) is 0 Å². The van der Waals surface area contributed by atoms with Crippen LogP contribution >= 0.6 is 0 Å². The van der Waals surface area contributed by atoms with Crippen LogP contribution in [-0.2, 0) is 53.5 Å². The Kier molecular flexibility index (Phi) is 19.9. The maximum absolute atomic E-state index is 11.8. The van der Waals surface area contributed by atoms with E-state index >= 15 is 0 Å². The van der Waals surface area contributed by atoms with Crippen LogP contribution in [0.1, 0.15) is 96.4 Å². The number of carbonyl (C=O) groups is 1. The molecule has 0 spiro atoms. The number of hydrogen-bond donors (Lipinski definition) is 1. The van der Waals surface area contributed by atoms with Crippen molar-refractivity contribution in [1.82, 2.24) is 10.4 Å². The summed E-state index contributed by atoms with van der Waals surface area (Å²) in [6.45, 7) is 21.5. The molecular formula is C44H58BrMgN3O4. The van der Waals surface area contributed by atoms with Gasteiger partial charge < -0.3 is 27.6 Å². The van der Waals surface area contributed by atoms with Crippen LogP contribution in [0, 0.1) is 13.8 Å². The van der Waals surface area contributed by atoms with Crippen molar-refractivity contribution in [2.24, 2.45) is 0 Å². The first-order valence-electron chi connectivity index (χ1n) is 18.2. The number of rotatable bonds is 3. The second-order valence-electron chi connectivity index (χ2n) is 15.2. The number of hydroxylamine groups is 2. The summed E-state index contributed by atoms with van der Waals surface area (Å²) in [5.74, 6) is -0.439. The molecule has 282 valence electrons. The van der Waals surface area contributed by atoms with Crippen LogP contribution in [0.5, 0.6) is 0 Å². The molecule has 3 aliphatic rings. The third-order valence-electron chi connectivity index (χ3n) is 8.50. The van der Waals surface area contributed by atoms with Crippen molar-refractivity contribution in [2.45, 2.75) is 105 Å². The maximum atomic E-state index is 11.8. The summed E-state index contributed by atoms with van der Waals surface area (Å²) in [6, 6.07) is 31.4. The Balaban J connectivity index is 0.000000246. The summed E-state index contributed by atoms with van der Waals surface area (Å²) >= 11 is 0. The van der Waals surface area contributed by atoms with E-state index in [9.17, 15) is 4.79 Å². The standard InChI is InChI=1S/C13H19NO.C13H18O3.C9H11N.C9H10N.BrH.Mg/c1-13(2,3)15-14-9-8-11-6-4-5-7-12(11)10-14;1-9-7-6-8-10(2)11(9)12(14)15-16-13(3,4)5;2*1-2-4-9-7-10-6-5-8(9)3-1;;/h4-7H,8-10H2,1-3H3;6-8H,1-5H3;1-4,10H,5-7H2;1-4H,5-7H2;1H;/q;;;-1;;+2/p-1. The SMILES string of the molecule is CC(C)(C)ON1CCc2ccccc2C1.Cc1cccc(C)c1C(=O)OOC(C)(C)C.[Br-].[Mg+2].c1ccc2c(c1)CCNC2.c1ccc2c(c1)CC[N-]C2. The van der Waals surface area contributed by atoms with Crippen molar-refractivity contribution in [2.75, 3.05) is 19.6 Å². The van der Waals surface area contributed by atoms with Crippen molar-refractivity contribution in [3.05, 3.63) is 146 Å². The molecule has 9 heteroatoms. The fraction of sp³-hybridized carbons (Fsp3) is 0.432. The molecule has 7 nitrogen and oxygen atoms in total. The molecule has 0 unspecified atom stereocenters. The predicted octanol–water partition coefficient (Wildman–Crippen LogP) is 6.04. The van der Waals surface area contributed by atoms with Crippen LogP contribution in [0.2, 0.25) is 0 Å². The van der Waals surface area contributed by atoms with Gasteiger partial charge >= 0.3 is 29.0 Å². The topological polar surface area (TPSA) is 74.1 Å². The van der Waals surface area contributed by atoms with Crippen LogP contribution in [0.3, 0.4) is 0 Å². The van der Waals surface area contributed by atoms with E-state index in [1.54, 1.807) is 0 Å². The molecular weight excluding hydrogens is 739 g/mol. The molecule has 0 atom stereocenters. The van der Waals surface area contributed by atoms with E-state index in [0.29, 0.717) is 5.56 Å². The fourth-order valence-electron chi connectivity index (χ4n) is 6.05. The van der Waals surface area contributed by atoms with Gasteiger partial charge in [0.1, 0.15) is 5.60 Å². The zero-order valence-electron chi connectivity index (χ0n) is 33.1. The molecule has 0 saturated carbocycles. The van der Waals surface area contributed by atoms with Gasteiger partial charge in [0.05, 0.1) is 11.2 Å². The monoisotopic (exact) mass is 795 g/mol. The molecule has 0 fully saturated rings. The maximum Gasteiger partial charge on any atom is 2.00 e. The quantitative estimate of drug-likeness (QED) is 0.155. The molecule has 3 heterocycles. The van der Waals surface area contributed by atoms with Crippen LogP contribution < -0.4 is 22.3 Å². The average Bonchev–Trinajstić information content (AvgIpc) is 3.11. The van der Waals surface area contributed by atoms with Gasteiger partial charge in [-0.15, -0.1) is 13.1 Å². The predicted molar refractivity (Wildman–Crippen MR) is 213 cm³/mol. The molecule has 53 heavy (non-hydrogen) atoms. The van der Waals surface area contributed by atoms with E-state index in [0.717, 1.165) is 63.2 Å². The van der Waals surface area contributed by atoms with Gasteiger partial charge in [0, 0.05) is 19.6 Å². The molecule has 0 aliphatic carbocycles. The summed E-state index contributed by atoms with van der Waals surface area (Å²) in [7, 11) is 0. The summed E-state index contributed by atoms with van der Waals surface area (Å²) < 4.78 is 0. The Morgan fingerprint density at radius 1 is 0.679 bits per heavy atom. The second kappa shape index (κ2) is 22.7. The summed E-state index contributed by atoms with van der Waals surface area (Å²) in [4.78, 5) is 27.5. The molecule has 4 aromatic rings. The first kappa shape index (κ1) is 46.6. The number of carbonyl (C=O) groups excluding carboxylic acids is 1. The van der Waals surface area contributed by atoms with Gasteiger partial charge in [-0.3, -0.25) is 9.73 Å². The molecule has 0 aromatic heterocycles. The number of benzene rings is 4. The third kappa shape index (κ3) is 16.3. The number of halogens is 1. The van der Waals surface area contributed by atoms with Gasteiger partial charge in [-0.25, -0.2) is 4.79 Å². The zero-order chi connectivity index (χ0) is 36.9. The zero-order valence-corrected chi connectivity index (χ0v) is 36.1. The number of nitrogens with zero attached hydrogens (tertiary/aromatic N) is 2. The second-order valence-corrected chi connectivity index (χ2v) is 15.2. The summed E-state index contributed by atoms with van der Waals surface area (Å²) in [6.07, 6.45) is 3.42. The van der Waals surface area contributed by atoms with E-state index in [1.807, 2.05) is 52.8 Å². The molecule has 0 radical (unpaired) electrons. The summed E-state index contributed by atoms with van der Waals surface area (Å²) in [5.41, 5.74) is 10.5. The Morgan fingerprint density at radius 2 is 1.21 bits per heavy atom. The largest absolute Gasteiger partial charge is 2.00 e. The molecule has 7 rings (SSSR count).